The van der Waals surface area contributed by atoms with Crippen molar-refractivity contribution >= 4 is 29.2 Å². The Hall–Kier alpha value is -0.380. The van der Waals surface area contributed by atoms with Crippen LogP contribution < -0.4 is 4.90 Å². The molecule has 0 amide bonds. The molecule has 0 radical (unpaired) electrons. The molecule has 1 aromatic rings. The average molecular weight is 257 g/mol. The Labute approximate surface area is 107 Å². The lowest BCUT2D eigenvalue weighted by atomic mass is 10.3. The summed E-state index contributed by atoms with van der Waals surface area (Å²) in [6.45, 7) is 2.25. The maximum absolute atomic E-state index is 5.89. The van der Waals surface area contributed by atoms with Crippen molar-refractivity contribution in [1.82, 2.24) is 4.31 Å². The third-order valence-corrected chi connectivity index (χ3v) is 4.28. The van der Waals surface area contributed by atoms with Crippen LogP contribution in [0.15, 0.2) is 24.3 Å². The number of rotatable bonds is 3. The van der Waals surface area contributed by atoms with E-state index in [2.05, 4.69) is 34.6 Å². The molecule has 0 saturated carbocycles. The molecule has 88 valence electrons. The van der Waals surface area contributed by atoms with Crippen molar-refractivity contribution in [2.45, 2.75) is 12.5 Å². The molecule has 4 heteroatoms. The predicted molar refractivity (Wildman–Crippen MR) is 73.3 cm³/mol. The predicted octanol–water partition coefficient (Wildman–Crippen LogP) is 3.13. The van der Waals surface area contributed by atoms with E-state index in [0.717, 1.165) is 18.1 Å². The van der Waals surface area contributed by atoms with Gasteiger partial charge in [-0.15, -0.1) is 0 Å². The van der Waals surface area contributed by atoms with E-state index in [9.17, 15) is 0 Å². The molecule has 1 saturated heterocycles. The lowest BCUT2D eigenvalue weighted by molar-refractivity contribution is 0.440. The molecule has 1 aliphatic heterocycles. The molecule has 1 fully saturated rings. The van der Waals surface area contributed by atoms with Crippen LogP contribution >= 0.6 is 23.5 Å². The third-order valence-electron chi connectivity index (χ3n) is 3.16. The summed E-state index contributed by atoms with van der Waals surface area (Å²) in [5, 5.41) is 0.806. The van der Waals surface area contributed by atoms with Crippen LogP contribution in [-0.2, 0) is 0 Å². The van der Waals surface area contributed by atoms with Crippen LogP contribution in [0.3, 0.4) is 0 Å². The van der Waals surface area contributed by atoms with Crippen LogP contribution in [0.1, 0.15) is 6.42 Å². The number of hydrogen-bond donors (Lipinski definition) is 0. The quantitative estimate of drug-likeness (QED) is 0.768. The van der Waals surface area contributed by atoms with Crippen molar-refractivity contribution < 1.29 is 0 Å². The molecule has 16 heavy (non-hydrogen) atoms. The minimum absolute atomic E-state index is 0.658. The minimum Gasteiger partial charge on any atom is -0.370 e. The van der Waals surface area contributed by atoms with Crippen molar-refractivity contribution in [3.8, 4) is 0 Å². The average Bonchev–Trinajstić information content (AvgIpc) is 2.78. The van der Waals surface area contributed by atoms with Gasteiger partial charge in [0.15, 0.2) is 0 Å². The van der Waals surface area contributed by atoms with Gasteiger partial charge in [0.25, 0.3) is 0 Å². The van der Waals surface area contributed by atoms with Crippen LogP contribution in [0.25, 0.3) is 0 Å². The summed E-state index contributed by atoms with van der Waals surface area (Å²) in [6, 6.07) is 8.78. The molecule has 1 aliphatic rings. The highest BCUT2D eigenvalue weighted by molar-refractivity contribution is 7.96. The van der Waals surface area contributed by atoms with Gasteiger partial charge < -0.3 is 4.90 Å². The van der Waals surface area contributed by atoms with Crippen molar-refractivity contribution in [2.75, 3.05) is 31.3 Å². The van der Waals surface area contributed by atoms with E-state index in [4.69, 9.17) is 11.6 Å². The second kappa shape index (κ2) is 5.30. The third kappa shape index (κ3) is 2.65. The van der Waals surface area contributed by atoms with E-state index in [1.54, 1.807) is 0 Å². The summed E-state index contributed by atoms with van der Waals surface area (Å²) in [6.07, 6.45) is 3.37. The summed E-state index contributed by atoms with van der Waals surface area (Å²) in [5.74, 6) is 0. The molecule has 0 spiro atoms. The zero-order chi connectivity index (χ0) is 11.5. The second-order valence-electron chi connectivity index (χ2n) is 4.09. The van der Waals surface area contributed by atoms with E-state index in [1.807, 2.05) is 24.1 Å². The fraction of sp³-hybridized carbons (Fsp3) is 0.500. The van der Waals surface area contributed by atoms with Crippen LogP contribution in [0.5, 0.6) is 0 Å². The van der Waals surface area contributed by atoms with Gasteiger partial charge >= 0.3 is 0 Å². The van der Waals surface area contributed by atoms with Crippen molar-refractivity contribution in [1.29, 1.82) is 0 Å². The zero-order valence-electron chi connectivity index (χ0n) is 9.69. The monoisotopic (exact) mass is 256 g/mol. The highest BCUT2D eigenvalue weighted by atomic mass is 35.5. The minimum atomic E-state index is 0.658. The SMILES string of the molecule is CSN(C)C1CCN(c2ccc(Cl)cc2)C1. The number of benzene rings is 1. The molecule has 1 atom stereocenters. The fourth-order valence-corrected chi connectivity index (χ4v) is 2.67. The highest BCUT2D eigenvalue weighted by Crippen LogP contribution is 2.25. The van der Waals surface area contributed by atoms with E-state index >= 15 is 0 Å². The summed E-state index contributed by atoms with van der Waals surface area (Å²) in [4.78, 5) is 2.42. The van der Waals surface area contributed by atoms with Crippen LogP contribution in [-0.4, -0.2) is 36.7 Å². The Bertz CT molecular complexity index is 341. The molecule has 1 heterocycles. The van der Waals surface area contributed by atoms with Gasteiger partial charge in [-0.3, -0.25) is 0 Å². The molecule has 0 N–H and O–H groups in total. The number of anilines is 1. The van der Waals surface area contributed by atoms with Gasteiger partial charge in [0.2, 0.25) is 0 Å². The summed E-state index contributed by atoms with van der Waals surface area (Å²) < 4.78 is 2.34. The smallest absolute Gasteiger partial charge is 0.0407 e. The van der Waals surface area contributed by atoms with Gasteiger partial charge in [0.05, 0.1) is 0 Å². The van der Waals surface area contributed by atoms with Gasteiger partial charge in [-0.05, 0) is 44.0 Å². The molecular formula is C12H17ClN2S. The Morgan fingerprint density at radius 2 is 2.06 bits per heavy atom. The van der Waals surface area contributed by atoms with Crippen LogP contribution in [0.4, 0.5) is 5.69 Å². The van der Waals surface area contributed by atoms with Gasteiger partial charge in [-0.2, -0.15) is 0 Å². The van der Waals surface area contributed by atoms with Gasteiger partial charge in [-0.25, -0.2) is 4.31 Å². The normalized spacial score (nSPS) is 20.8. The van der Waals surface area contributed by atoms with Crippen LogP contribution in [0, 0.1) is 0 Å². The number of likely N-dealkylation sites (N-methyl/N-ethyl adjacent to an activating group) is 1. The molecule has 0 aromatic heterocycles. The molecule has 0 aliphatic carbocycles. The Morgan fingerprint density at radius 1 is 1.38 bits per heavy atom. The first kappa shape index (κ1) is 12.1. The highest BCUT2D eigenvalue weighted by Gasteiger charge is 2.25. The zero-order valence-corrected chi connectivity index (χ0v) is 11.3. The van der Waals surface area contributed by atoms with E-state index in [-0.39, 0.29) is 0 Å². The Kier molecular flexibility index (Phi) is 4.00. The van der Waals surface area contributed by atoms with E-state index < -0.39 is 0 Å². The topological polar surface area (TPSA) is 6.48 Å². The molecule has 2 nitrogen and oxygen atoms in total. The number of halogens is 1. The van der Waals surface area contributed by atoms with Crippen molar-refractivity contribution in [3.05, 3.63) is 29.3 Å². The maximum atomic E-state index is 5.89. The van der Waals surface area contributed by atoms with Crippen LogP contribution in [0.2, 0.25) is 5.02 Å². The number of nitrogens with zero attached hydrogens (tertiary/aromatic N) is 2. The first-order chi connectivity index (χ1) is 7.70. The fourth-order valence-electron chi connectivity index (χ4n) is 2.07. The Morgan fingerprint density at radius 3 is 2.69 bits per heavy atom. The first-order valence-corrected chi connectivity index (χ1v) is 7.04. The summed E-state index contributed by atoms with van der Waals surface area (Å²) in [5.41, 5.74) is 1.28. The molecule has 1 aromatic carbocycles. The number of hydrogen-bond acceptors (Lipinski definition) is 3. The Balaban J connectivity index is 2.00. The lowest BCUT2D eigenvalue weighted by Gasteiger charge is -2.23. The van der Waals surface area contributed by atoms with Gasteiger partial charge in [0.1, 0.15) is 0 Å². The van der Waals surface area contributed by atoms with E-state index in [1.165, 1.54) is 12.1 Å². The molecular weight excluding hydrogens is 240 g/mol. The van der Waals surface area contributed by atoms with Gasteiger partial charge in [-0.1, -0.05) is 23.5 Å². The van der Waals surface area contributed by atoms with E-state index in [0.29, 0.717) is 6.04 Å². The maximum Gasteiger partial charge on any atom is 0.0407 e. The molecule has 0 bridgehead atoms. The molecule has 2 rings (SSSR count). The first-order valence-electron chi connectivity index (χ1n) is 5.48. The lowest BCUT2D eigenvalue weighted by Crippen LogP contribution is -2.29. The summed E-state index contributed by atoms with van der Waals surface area (Å²) in [7, 11) is 2.17. The van der Waals surface area contributed by atoms with Gasteiger partial charge in [0, 0.05) is 29.8 Å². The second-order valence-corrected chi connectivity index (χ2v) is 5.47. The summed E-state index contributed by atoms with van der Waals surface area (Å²) >= 11 is 7.70. The standard InChI is InChI=1S/C12H17ClN2S/c1-14(16-2)12-7-8-15(9-12)11-5-3-10(13)4-6-11/h3-6,12H,7-9H2,1-2H3. The largest absolute Gasteiger partial charge is 0.370 e. The molecule has 1 unspecified atom stereocenters. The van der Waals surface area contributed by atoms with Crippen molar-refractivity contribution in [2.24, 2.45) is 0 Å². The van der Waals surface area contributed by atoms with Crippen molar-refractivity contribution in [3.63, 3.8) is 0 Å².